The fraction of sp³-hybridized carbons (Fsp3) is 0.108. The minimum Gasteiger partial charge on any atom is -0.474 e. The number of hydrogen-bond acceptors (Lipinski definition) is 4. The molecule has 0 fully saturated rings. The Morgan fingerprint density at radius 3 is 1.93 bits per heavy atom. The van der Waals surface area contributed by atoms with Gasteiger partial charge < -0.3 is 20.1 Å². The second-order valence-electron chi connectivity index (χ2n) is 10.4. The molecule has 0 bridgehead atoms. The Morgan fingerprint density at radius 2 is 1.29 bits per heavy atom. The number of ether oxygens (including phenoxy) is 1. The highest BCUT2D eigenvalue weighted by atomic mass is 79.9. The lowest BCUT2D eigenvalue weighted by molar-refractivity contribution is -0.156. The van der Waals surface area contributed by atoms with E-state index in [4.69, 9.17) is 4.74 Å². The first kappa shape index (κ1) is 31.2. The maximum absolute atomic E-state index is 12.9. The van der Waals surface area contributed by atoms with Gasteiger partial charge in [-0.3, -0.25) is 9.59 Å². The van der Waals surface area contributed by atoms with Crippen molar-refractivity contribution in [3.8, 4) is 22.6 Å². The Bertz CT molecular complexity index is 1760. The lowest BCUT2D eigenvalue weighted by Gasteiger charge is -2.22. The van der Waals surface area contributed by atoms with Gasteiger partial charge in [-0.2, -0.15) is 0 Å². The van der Waals surface area contributed by atoms with Gasteiger partial charge in [-0.25, -0.2) is 4.79 Å². The molecule has 0 aliphatic heterocycles. The highest BCUT2D eigenvalue weighted by Gasteiger charge is 2.23. The van der Waals surface area contributed by atoms with E-state index in [2.05, 4.69) is 57.6 Å². The molecule has 5 aromatic rings. The van der Waals surface area contributed by atoms with E-state index < -0.39 is 11.9 Å². The predicted molar refractivity (Wildman–Crippen MR) is 177 cm³/mol. The van der Waals surface area contributed by atoms with Gasteiger partial charge in [0.05, 0.1) is 0 Å². The molecule has 8 heteroatoms. The van der Waals surface area contributed by atoms with Crippen molar-refractivity contribution in [3.63, 3.8) is 0 Å². The van der Waals surface area contributed by atoms with Gasteiger partial charge in [0, 0.05) is 29.7 Å². The standard InChI is InChI=1S/C37H31BrN2O5/c38-34-23-30(35(41)39-22-21-26-11-15-29(16-12-26)28-7-3-1-4-8-28)17-18-31(34)25-40(36(42)37(43)44)24-27-13-19-33(20-14-27)45-32-9-5-2-6-10-32/h1-20,23H,21-22,24-25H2,(H,39,41)(H,43,44). The Morgan fingerprint density at radius 1 is 0.689 bits per heavy atom. The van der Waals surface area contributed by atoms with Gasteiger partial charge in [0.15, 0.2) is 0 Å². The summed E-state index contributed by atoms with van der Waals surface area (Å²) in [5.74, 6) is -1.47. The zero-order valence-corrected chi connectivity index (χ0v) is 25.9. The van der Waals surface area contributed by atoms with E-state index in [0.29, 0.717) is 40.1 Å². The first-order valence-corrected chi connectivity index (χ1v) is 15.2. The van der Waals surface area contributed by atoms with E-state index >= 15 is 0 Å². The number of rotatable bonds is 11. The Balaban J connectivity index is 1.17. The SMILES string of the molecule is O=C(O)C(=O)N(Cc1ccc(Oc2ccccc2)cc1)Cc1ccc(C(=O)NCCc2ccc(-c3ccccc3)cc2)cc1Br. The Kier molecular flexibility index (Phi) is 10.4. The van der Waals surface area contributed by atoms with E-state index in [1.54, 1.807) is 42.5 Å². The van der Waals surface area contributed by atoms with E-state index in [0.717, 1.165) is 22.3 Å². The molecule has 226 valence electrons. The van der Waals surface area contributed by atoms with Gasteiger partial charge in [-0.05, 0) is 70.6 Å². The summed E-state index contributed by atoms with van der Waals surface area (Å²) >= 11 is 3.51. The molecule has 0 aromatic heterocycles. The van der Waals surface area contributed by atoms with Crippen molar-refractivity contribution in [2.45, 2.75) is 19.5 Å². The van der Waals surface area contributed by atoms with Crippen molar-refractivity contribution in [3.05, 3.63) is 154 Å². The monoisotopic (exact) mass is 662 g/mol. The number of aliphatic carboxylic acids is 1. The van der Waals surface area contributed by atoms with Crippen LogP contribution in [0.2, 0.25) is 0 Å². The van der Waals surface area contributed by atoms with Gasteiger partial charge in [-0.1, -0.05) is 107 Å². The number of amides is 2. The first-order chi connectivity index (χ1) is 21.9. The topological polar surface area (TPSA) is 95.9 Å². The molecule has 2 amide bonds. The molecule has 0 saturated carbocycles. The van der Waals surface area contributed by atoms with Crippen LogP contribution < -0.4 is 10.1 Å². The summed E-state index contributed by atoms with van der Waals surface area (Å²) in [6, 6.07) is 40.0. The van der Waals surface area contributed by atoms with Crippen molar-refractivity contribution in [2.75, 3.05) is 6.54 Å². The van der Waals surface area contributed by atoms with Crippen LogP contribution in [-0.2, 0) is 29.1 Å². The molecular weight excluding hydrogens is 632 g/mol. The minimum absolute atomic E-state index is 0.0366. The molecule has 45 heavy (non-hydrogen) atoms. The summed E-state index contributed by atoms with van der Waals surface area (Å²) in [5.41, 5.74) is 5.28. The average molecular weight is 664 g/mol. The minimum atomic E-state index is -1.54. The highest BCUT2D eigenvalue weighted by molar-refractivity contribution is 9.10. The summed E-state index contributed by atoms with van der Waals surface area (Å²) in [7, 11) is 0. The van der Waals surface area contributed by atoms with Crippen molar-refractivity contribution >= 4 is 33.7 Å². The Hall–Kier alpha value is -5.21. The number of carboxylic acids is 1. The van der Waals surface area contributed by atoms with Crippen LogP contribution >= 0.6 is 15.9 Å². The second-order valence-corrected chi connectivity index (χ2v) is 11.3. The lowest BCUT2D eigenvalue weighted by Crippen LogP contribution is -2.35. The largest absolute Gasteiger partial charge is 0.474 e. The molecule has 5 rings (SSSR count). The molecule has 0 aliphatic rings. The zero-order valence-electron chi connectivity index (χ0n) is 24.4. The normalized spacial score (nSPS) is 10.6. The van der Waals surface area contributed by atoms with Crippen LogP contribution in [0.25, 0.3) is 11.1 Å². The summed E-state index contributed by atoms with van der Waals surface area (Å²) in [5, 5.41) is 12.4. The molecular formula is C37H31BrN2O5. The van der Waals surface area contributed by atoms with Crippen LogP contribution in [0.15, 0.2) is 132 Å². The quantitative estimate of drug-likeness (QED) is 0.143. The number of carbonyl (C=O) groups excluding carboxylic acids is 2. The molecule has 0 radical (unpaired) electrons. The van der Waals surface area contributed by atoms with Crippen LogP contribution in [0.5, 0.6) is 11.5 Å². The van der Waals surface area contributed by atoms with E-state index in [-0.39, 0.29) is 19.0 Å². The number of carboxylic acid groups (broad SMARTS) is 1. The maximum atomic E-state index is 12.9. The molecule has 0 saturated heterocycles. The fourth-order valence-corrected chi connectivity index (χ4v) is 5.29. The fourth-order valence-electron chi connectivity index (χ4n) is 4.78. The number of halogens is 1. The smallest absolute Gasteiger partial charge is 0.394 e. The average Bonchev–Trinajstić information content (AvgIpc) is 3.07. The van der Waals surface area contributed by atoms with Crippen LogP contribution in [0.4, 0.5) is 0 Å². The molecule has 5 aromatic carbocycles. The van der Waals surface area contributed by atoms with Gasteiger partial charge >= 0.3 is 11.9 Å². The second kappa shape index (κ2) is 15.0. The van der Waals surface area contributed by atoms with Crippen LogP contribution in [0.3, 0.4) is 0 Å². The van der Waals surface area contributed by atoms with Crippen molar-refractivity contribution in [2.24, 2.45) is 0 Å². The molecule has 0 atom stereocenters. The number of hydrogen-bond donors (Lipinski definition) is 2. The third-order valence-corrected chi connectivity index (χ3v) is 7.92. The predicted octanol–water partition coefficient (Wildman–Crippen LogP) is 7.49. The summed E-state index contributed by atoms with van der Waals surface area (Å²) in [4.78, 5) is 38.3. The van der Waals surface area contributed by atoms with Gasteiger partial charge in [-0.15, -0.1) is 0 Å². The molecule has 0 spiro atoms. The lowest BCUT2D eigenvalue weighted by atomic mass is 10.0. The zero-order chi connectivity index (χ0) is 31.6. The highest BCUT2D eigenvalue weighted by Crippen LogP contribution is 2.24. The Labute approximate surface area is 270 Å². The van der Waals surface area contributed by atoms with Crippen molar-refractivity contribution < 1.29 is 24.2 Å². The number of nitrogens with zero attached hydrogens (tertiary/aromatic N) is 1. The van der Waals surface area contributed by atoms with E-state index in [9.17, 15) is 19.5 Å². The third-order valence-electron chi connectivity index (χ3n) is 7.18. The van der Waals surface area contributed by atoms with Gasteiger partial charge in [0.2, 0.25) is 0 Å². The van der Waals surface area contributed by atoms with Crippen LogP contribution in [-0.4, -0.2) is 34.3 Å². The number of carbonyl (C=O) groups is 3. The summed E-state index contributed by atoms with van der Waals surface area (Å²) in [6.07, 6.45) is 0.686. The van der Waals surface area contributed by atoms with Crippen LogP contribution in [0.1, 0.15) is 27.0 Å². The number of benzene rings is 5. The molecule has 7 nitrogen and oxygen atoms in total. The van der Waals surface area contributed by atoms with Gasteiger partial charge in [0.1, 0.15) is 11.5 Å². The summed E-state index contributed by atoms with van der Waals surface area (Å²) in [6.45, 7) is 0.589. The van der Waals surface area contributed by atoms with Gasteiger partial charge in [0.25, 0.3) is 5.91 Å². The molecule has 0 heterocycles. The van der Waals surface area contributed by atoms with E-state index in [1.807, 2.05) is 48.5 Å². The van der Waals surface area contributed by atoms with E-state index in [1.165, 1.54) is 4.90 Å². The maximum Gasteiger partial charge on any atom is 0.394 e. The van der Waals surface area contributed by atoms with Crippen molar-refractivity contribution in [1.82, 2.24) is 10.2 Å². The summed E-state index contributed by atoms with van der Waals surface area (Å²) < 4.78 is 6.42. The number of para-hydroxylation sites is 1. The first-order valence-electron chi connectivity index (χ1n) is 14.4. The molecule has 2 N–H and O–H groups in total. The molecule has 0 aliphatic carbocycles. The third kappa shape index (κ3) is 8.68. The number of nitrogens with one attached hydrogen (secondary N) is 1. The van der Waals surface area contributed by atoms with Crippen LogP contribution in [0, 0.1) is 0 Å². The molecule has 0 unspecified atom stereocenters. The van der Waals surface area contributed by atoms with Crippen molar-refractivity contribution in [1.29, 1.82) is 0 Å².